The van der Waals surface area contributed by atoms with Crippen molar-refractivity contribution < 1.29 is 27.6 Å². The Balaban J connectivity index is 2.30. The summed E-state index contributed by atoms with van der Waals surface area (Å²) in [6.07, 6.45) is 0.780. The summed E-state index contributed by atoms with van der Waals surface area (Å²) in [6.45, 7) is 0. The molecule has 0 radical (unpaired) electrons. The molecule has 1 saturated carbocycles. The van der Waals surface area contributed by atoms with Gasteiger partial charge in [-0.15, -0.1) is 0 Å². The molecule has 1 aromatic carbocycles. The van der Waals surface area contributed by atoms with Gasteiger partial charge < -0.3 is 4.74 Å². The van der Waals surface area contributed by atoms with E-state index in [2.05, 4.69) is 4.84 Å². The number of rotatable bonds is 5. The van der Waals surface area contributed by atoms with E-state index in [9.17, 15) is 18.0 Å². The molecule has 0 bridgehead atoms. The van der Waals surface area contributed by atoms with Crippen LogP contribution in [0.5, 0.6) is 0 Å². The summed E-state index contributed by atoms with van der Waals surface area (Å²) in [5.74, 6) is -0.891. The number of hydrogen-bond acceptors (Lipinski definition) is 6. The lowest BCUT2D eigenvalue weighted by Crippen LogP contribution is -2.26. The summed E-state index contributed by atoms with van der Waals surface area (Å²) in [7, 11) is -1.62. The minimum Gasteiger partial charge on any atom is -0.451 e. The van der Waals surface area contributed by atoms with Crippen molar-refractivity contribution in [2.75, 3.05) is 14.2 Å². The van der Waals surface area contributed by atoms with Crippen LogP contribution in [0.2, 0.25) is 5.02 Å². The number of esters is 1. The number of sulfonamides is 1. The number of Topliss-reactive ketones (excluding diaryl/α,β-unsaturated/α-hetero) is 1. The van der Waals surface area contributed by atoms with Crippen molar-refractivity contribution in [3.63, 3.8) is 0 Å². The van der Waals surface area contributed by atoms with Crippen LogP contribution in [-0.2, 0) is 24.4 Å². The number of benzene rings is 1. The highest BCUT2D eigenvalue weighted by atomic mass is 35.5. The van der Waals surface area contributed by atoms with Crippen molar-refractivity contribution >= 4 is 33.4 Å². The van der Waals surface area contributed by atoms with Crippen LogP contribution in [0.15, 0.2) is 23.1 Å². The van der Waals surface area contributed by atoms with Crippen LogP contribution in [0, 0.1) is 0 Å². The summed E-state index contributed by atoms with van der Waals surface area (Å²) in [6, 6.07) is 3.73. The molecule has 1 aliphatic carbocycles. The molecular weight excluding hydrogens is 346 g/mol. The molecule has 126 valence electrons. The summed E-state index contributed by atoms with van der Waals surface area (Å²) >= 11 is 5.91. The Hall–Kier alpha value is -1.48. The van der Waals surface area contributed by atoms with Crippen molar-refractivity contribution in [3.05, 3.63) is 28.8 Å². The first-order valence-electron chi connectivity index (χ1n) is 6.83. The number of hydroxylamine groups is 1. The largest absolute Gasteiger partial charge is 0.451 e. The second kappa shape index (κ2) is 6.96. The SMILES string of the molecule is CON(C)S(=O)(=O)c1cc(C(=O)O[C@@H]2CCCC2=O)ccc1Cl. The lowest BCUT2D eigenvalue weighted by atomic mass is 10.2. The summed E-state index contributed by atoms with van der Waals surface area (Å²) in [4.78, 5) is 28.0. The van der Waals surface area contributed by atoms with Crippen LogP contribution >= 0.6 is 11.6 Å². The average Bonchev–Trinajstić information content (AvgIpc) is 2.91. The van der Waals surface area contributed by atoms with E-state index in [4.69, 9.17) is 16.3 Å². The Kier molecular flexibility index (Phi) is 5.41. The van der Waals surface area contributed by atoms with Crippen LogP contribution in [0.25, 0.3) is 0 Å². The smallest absolute Gasteiger partial charge is 0.338 e. The molecule has 1 aliphatic rings. The third-order valence-electron chi connectivity index (χ3n) is 3.54. The summed E-state index contributed by atoms with van der Waals surface area (Å²) in [5.41, 5.74) is -0.00261. The van der Waals surface area contributed by atoms with E-state index in [0.717, 1.165) is 6.07 Å². The zero-order valence-corrected chi connectivity index (χ0v) is 14.2. The fourth-order valence-corrected chi connectivity index (χ4v) is 3.64. The Morgan fingerprint density at radius 1 is 1.39 bits per heavy atom. The Morgan fingerprint density at radius 3 is 2.65 bits per heavy atom. The molecule has 0 spiro atoms. The van der Waals surface area contributed by atoms with Gasteiger partial charge in [-0.3, -0.25) is 9.63 Å². The molecule has 0 saturated heterocycles. The third-order valence-corrected chi connectivity index (χ3v) is 5.70. The molecule has 0 N–H and O–H groups in total. The Labute approximate surface area is 139 Å². The molecule has 1 aromatic rings. The number of halogens is 1. The fourth-order valence-electron chi connectivity index (χ4n) is 2.17. The van der Waals surface area contributed by atoms with Crippen molar-refractivity contribution in [2.45, 2.75) is 30.3 Å². The molecule has 23 heavy (non-hydrogen) atoms. The van der Waals surface area contributed by atoms with E-state index in [1.807, 2.05) is 0 Å². The maximum Gasteiger partial charge on any atom is 0.338 e. The first-order chi connectivity index (χ1) is 10.8. The minimum absolute atomic E-state index is 0.00261. The van der Waals surface area contributed by atoms with E-state index in [0.29, 0.717) is 23.7 Å². The van der Waals surface area contributed by atoms with Gasteiger partial charge in [0.15, 0.2) is 11.9 Å². The normalized spacial score (nSPS) is 18.4. The maximum absolute atomic E-state index is 12.3. The van der Waals surface area contributed by atoms with E-state index >= 15 is 0 Å². The third kappa shape index (κ3) is 3.72. The lowest BCUT2D eigenvalue weighted by Gasteiger charge is -2.16. The molecule has 7 nitrogen and oxygen atoms in total. The molecule has 1 atom stereocenters. The summed E-state index contributed by atoms with van der Waals surface area (Å²) in [5, 5.41) is -0.0533. The zero-order chi connectivity index (χ0) is 17.2. The van der Waals surface area contributed by atoms with Crippen molar-refractivity contribution in [2.24, 2.45) is 0 Å². The van der Waals surface area contributed by atoms with Crippen LogP contribution in [0.1, 0.15) is 29.6 Å². The van der Waals surface area contributed by atoms with Gasteiger partial charge in [0, 0.05) is 13.5 Å². The second-order valence-electron chi connectivity index (χ2n) is 5.00. The van der Waals surface area contributed by atoms with E-state index in [-0.39, 0.29) is 21.3 Å². The standard InChI is InChI=1S/C14H16ClNO6S/c1-16(21-2)23(19,20)13-8-9(6-7-10(13)15)14(18)22-12-5-3-4-11(12)17/h6-8,12H,3-5H2,1-2H3/t12-/m1/s1. The molecule has 9 heteroatoms. The van der Waals surface area contributed by atoms with Gasteiger partial charge >= 0.3 is 5.97 Å². The predicted octanol–water partition coefficient (Wildman–Crippen LogP) is 1.80. The number of ether oxygens (including phenoxy) is 1. The molecule has 0 heterocycles. The lowest BCUT2D eigenvalue weighted by molar-refractivity contribution is -0.124. The van der Waals surface area contributed by atoms with Crippen LogP contribution in [0.4, 0.5) is 0 Å². The van der Waals surface area contributed by atoms with Crippen LogP contribution in [0.3, 0.4) is 0 Å². The van der Waals surface area contributed by atoms with Crippen molar-refractivity contribution in [1.82, 2.24) is 4.47 Å². The minimum atomic E-state index is -4.01. The first kappa shape index (κ1) is 17.9. The second-order valence-corrected chi connectivity index (χ2v) is 7.31. The molecular formula is C14H16ClNO6S. The fraction of sp³-hybridized carbons (Fsp3) is 0.429. The molecule has 0 aromatic heterocycles. The number of carbonyl (C=O) groups is 2. The molecule has 0 aliphatic heterocycles. The van der Waals surface area contributed by atoms with E-state index in [1.54, 1.807) is 0 Å². The number of ketones is 1. The van der Waals surface area contributed by atoms with Gasteiger partial charge in [0.1, 0.15) is 4.90 Å². The molecule has 2 rings (SSSR count). The topological polar surface area (TPSA) is 90.0 Å². The average molecular weight is 362 g/mol. The van der Waals surface area contributed by atoms with Crippen LogP contribution < -0.4 is 0 Å². The van der Waals surface area contributed by atoms with Crippen molar-refractivity contribution in [3.8, 4) is 0 Å². The van der Waals surface area contributed by atoms with Gasteiger partial charge in [0.25, 0.3) is 10.0 Å². The molecule has 1 fully saturated rings. The highest BCUT2D eigenvalue weighted by Gasteiger charge is 2.30. The number of carbonyl (C=O) groups excluding carboxylic acids is 2. The highest BCUT2D eigenvalue weighted by molar-refractivity contribution is 7.89. The quantitative estimate of drug-likeness (QED) is 0.586. The maximum atomic E-state index is 12.3. The highest BCUT2D eigenvalue weighted by Crippen LogP contribution is 2.26. The van der Waals surface area contributed by atoms with Gasteiger partial charge in [-0.25, -0.2) is 13.2 Å². The molecule has 0 unspecified atom stereocenters. The number of hydrogen-bond donors (Lipinski definition) is 0. The van der Waals surface area contributed by atoms with Gasteiger partial charge in [0.05, 0.1) is 17.7 Å². The first-order valence-corrected chi connectivity index (χ1v) is 8.65. The van der Waals surface area contributed by atoms with Gasteiger partial charge in [-0.2, -0.15) is 0 Å². The Morgan fingerprint density at radius 2 is 2.09 bits per heavy atom. The Bertz CT molecular complexity index is 733. The van der Waals surface area contributed by atoms with Crippen LogP contribution in [-0.4, -0.2) is 44.9 Å². The number of nitrogens with zero attached hydrogens (tertiary/aromatic N) is 1. The van der Waals surface area contributed by atoms with Gasteiger partial charge in [-0.1, -0.05) is 16.1 Å². The summed E-state index contributed by atoms with van der Waals surface area (Å²) < 4.78 is 30.3. The monoisotopic (exact) mass is 361 g/mol. The van der Waals surface area contributed by atoms with Gasteiger partial charge in [0.2, 0.25) is 0 Å². The zero-order valence-electron chi connectivity index (χ0n) is 12.6. The predicted molar refractivity (Wildman–Crippen MR) is 81.5 cm³/mol. The van der Waals surface area contributed by atoms with Gasteiger partial charge in [-0.05, 0) is 31.0 Å². The van der Waals surface area contributed by atoms with E-state index < -0.39 is 22.1 Å². The molecule has 0 amide bonds. The van der Waals surface area contributed by atoms with Crippen molar-refractivity contribution in [1.29, 1.82) is 0 Å². The van der Waals surface area contributed by atoms with E-state index in [1.165, 1.54) is 26.3 Å².